The molecule has 1 aliphatic rings. The molecule has 3 aromatic heterocycles. The molecule has 226 valence electrons. The molecule has 1 amide bonds. The Labute approximate surface area is 245 Å². The topological polar surface area (TPSA) is 145 Å². The van der Waals surface area contributed by atoms with Crippen molar-refractivity contribution in [3.8, 4) is 22.7 Å². The van der Waals surface area contributed by atoms with Crippen LogP contribution in [-0.4, -0.2) is 78.1 Å². The molecule has 0 bridgehead atoms. The molecular weight excluding hydrogens is 562 g/mol. The van der Waals surface area contributed by atoms with E-state index >= 15 is 4.39 Å². The average molecular weight is 595 g/mol. The normalized spacial score (nSPS) is 15.5. The van der Waals surface area contributed by atoms with Gasteiger partial charge in [-0.15, -0.1) is 0 Å². The highest BCUT2D eigenvalue weighted by molar-refractivity contribution is 5.91. The summed E-state index contributed by atoms with van der Waals surface area (Å²) in [6.45, 7) is 5.92. The maximum absolute atomic E-state index is 15.9. The van der Waals surface area contributed by atoms with Gasteiger partial charge in [-0.25, -0.2) is 27.9 Å². The van der Waals surface area contributed by atoms with Gasteiger partial charge in [0.05, 0.1) is 22.3 Å². The fourth-order valence-electron chi connectivity index (χ4n) is 5.56. The molecule has 1 saturated heterocycles. The summed E-state index contributed by atoms with van der Waals surface area (Å²) in [5, 5.41) is 29.6. The summed E-state index contributed by atoms with van der Waals surface area (Å²) in [6, 6.07) is 5.98. The van der Waals surface area contributed by atoms with E-state index in [4.69, 9.17) is 0 Å². The molecule has 0 aliphatic carbocycles. The number of aryl methyl sites for hydroxylation is 1. The Bertz CT molecular complexity index is 1740. The number of pyridine rings is 2. The van der Waals surface area contributed by atoms with E-state index in [0.717, 1.165) is 12.1 Å². The zero-order chi connectivity index (χ0) is 31.0. The Morgan fingerprint density at radius 1 is 1.14 bits per heavy atom. The van der Waals surface area contributed by atoms with Crippen molar-refractivity contribution in [3.63, 3.8) is 0 Å². The van der Waals surface area contributed by atoms with E-state index in [1.54, 1.807) is 24.1 Å². The van der Waals surface area contributed by atoms with Crippen molar-refractivity contribution in [3.05, 3.63) is 69.9 Å². The molecule has 1 fully saturated rings. The minimum absolute atomic E-state index is 0.0398. The second-order valence-corrected chi connectivity index (χ2v) is 10.8. The van der Waals surface area contributed by atoms with Gasteiger partial charge in [0.15, 0.2) is 11.5 Å². The smallest absolute Gasteiger partial charge is 0.407 e. The number of benzene rings is 1. The summed E-state index contributed by atoms with van der Waals surface area (Å²) in [6.07, 6.45) is 1.32. The molecule has 4 aromatic rings. The number of halogens is 2. The number of phenolic OH excluding ortho intramolecular Hbond substituents is 1. The highest BCUT2D eigenvalue weighted by atomic mass is 19.1. The summed E-state index contributed by atoms with van der Waals surface area (Å²) >= 11 is 0. The van der Waals surface area contributed by atoms with Crippen LogP contribution in [0.4, 0.5) is 19.4 Å². The van der Waals surface area contributed by atoms with Gasteiger partial charge in [-0.2, -0.15) is 4.98 Å². The van der Waals surface area contributed by atoms with Crippen molar-refractivity contribution in [1.29, 1.82) is 0 Å². The number of aromatic hydroxyl groups is 1. The monoisotopic (exact) mass is 594 g/mol. The Balaban J connectivity index is 1.86. The predicted molar refractivity (Wildman–Crippen MR) is 156 cm³/mol. The number of hydrogen-bond donors (Lipinski definition) is 3. The summed E-state index contributed by atoms with van der Waals surface area (Å²) in [4.78, 5) is 42.0. The van der Waals surface area contributed by atoms with Crippen molar-refractivity contribution >= 4 is 22.9 Å². The first-order chi connectivity index (χ1) is 20.5. The third kappa shape index (κ3) is 5.47. The van der Waals surface area contributed by atoms with Crippen LogP contribution >= 0.6 is 0 Å². The number of aliphatic hydroxyl groups is 1. The standard InChI is InChI=1S/C30H32F2N6O5/c1-16(2)24-26(18(6-5-13-39)9-10-33-24)38-28-19(14-21(32)25(34-28)23-20(31)7-4-8-22(23)40)27(35-29(38)41)37-12-11-36(30(42)43)15-17(37)3/h4,7-10,14,16-17,39-40H,5-6,11-13,15H2,1-3H3,(H,42,43). The highest BCUT2D eigenvalue weighted by Gasteiger charge is 2.31. The van der Waals surface area contributed by atoms with Gasteiger partial charge in [0.1, 0.15) is 23.1 Å². The SMILES string of the molecule is CC(C)c1nccc(CCCO)c1-n1c(=O)nc(N2CCN(C(=O)O)CC2C)c2cc(F)c(-c3c(O)cccc3F)nc21. The molecule has 1 unspecified atom stereocenters. The first-order valence-electron chi connectivity index (χ1n) is 14.0. The van der Waals surface area contributed by atoms with Gasteiger partial charge in [0.2, 0.25) is 0 Å². The summed E-state index contributed by atoms with van der Waals surface area (Å²) in [5.41, 5.74) is -0.150. The molecular formula is C30H32F2N6O5. The van der Waals surface area contributed by atoms with E-state index in [-0.39, 0.29) is 49.0 Å². The van der Waals surface area contributed by atoms with Crippen LogP contribution in [0.25, 0.3) is 28.0 Å². The second kappa shape index (κ2) is 11.9. The molecule has 0 spiro atoms. The van der Waals surface area contributed by atoms with E-state index in [0.29, 0.717) is 29.8 Å². The first kappa shape index (κ1) is 29.8. The van der Waals surface area contributed by atoms with Crippen molar-refractivity contribution < 1.29 is 28.9 Å². The fraction of sp³-hybridized carbons (Fsp3) is 0.367. The predicted octanol–water partition coefficient (Wildman–Crippen LogP) is 4.06. The molecule has 0 radical (unpaired) electrons. The molecule has 5 rings (SSSR count). The van der Waals surface area contributed by atoms with Crippen molar-refractivity contribution in [2.75, 3.05) is 31.1 Å². The molecule has 1 aromatic carbocycles. The van der Waals surface area contributed by atoms with E-state index in [2.05, 4.69) is 15.0 Å². The number of aliphatic hydroxyl groups excluding tert-OH is 1. The average Bonchev–Trinajstić information content (AvgIpc) is 2.96. The number of carboxylic acid groups (broad SMARTS) is 1. The molecule has 1 atom stereocenters. The number of fused-ring (bicyclic) bond motifs is 1. The third-order valence-corrected chi connectivity index (χ3v) is 7.61. The zero-order valence-corrected chi connectivity index (χ0v) is 24.0. The Morgan fingerprint density at radius 2 is 1.91 bits per heavy atom. The van der Waals surface area contributed by atoms with Gasteiger partial charge in [0.25, 0.3) is 0 Å². The van der Waals surface area contributed by atoms with Crippen molar-refractivity contribution in [2.45, 2.75) is 45.6 Å². The highest BCUT2D eigenvalue weighted by Crippen LogP contribution is 2.37. The second-order valence-electron chi connectivity index (χ2n) is 10.8. The van der Waals surface area contributed by atoms with Crippen LogP contribution in [0.2, 0.25) is 0 Å². The maximum atomic E-state index is 15.9. The number of amides is 1. The summed E-state index contributed by atoms with van der Waals surface area (Å²) in [5.74, 6) is -2.43. The van der Waals surface area contributed by atoms with Crippen LogP contribution in [0.5, 0.6) is 5.75 Å². The maximum Gasteiger partial charge on any atom is 0.407 e. The van der Waals surface area contributed by atoms with E-state index in [1.807, 2.05) is 13.8 Å². The quantitative estimate of drug-likeness (QED) is 0.288. The molecule has 0 saturated carbocycles. The number of rotatable bonds is 7. The van der Waals surface area contributed by atoms with Gasteiger partial charge in [-0.05, 0) is 55.5 Å². The zero-order valence-electron chi connectivity index (χ0n) is 24.0. The van der Waals surface area contributed by atoms with Gasteiger partial charge >= 0.3 is 11.8 Å². The minimum atomic E-state index is -1.07. The van der Waals surface area contributed by atoms with Gasteiger partial charge in [-0.1, -0.05) is 19.9 Å². The minimum Gasteiger partial charge on any atom is -0.507 e. The van der Waals surface area contributed by atoms with E-state index in [9.17, 15) is 29.3 Å². The lowest BCUT2D eigenvalue weighted by molar-refractivity contribution is 0.136. The van der Waals surface area contributed by atoms with Crippen LogP contribution in [0.1, 0.15) is 44.4 Å². The van der Waals surface area contributed by atoms with Crippen LogP contribution < -0.4 is 10.6 Å². The number of carbonyl (C=O) groups is 1. The Hall–Kier alpha value is -4.65. The number of nitrogens with zero attached hydrogens (tertiary/aromatic N) is 6. The van der Waals surface area contributed by atoms with E-state index in [1.165, 1.54) is 21.6 Å². The lowest BCUT2D eigenvalue weighted by Gasteiger charge is -2.39. The van der Waals surface area contributed by atoms with Crippen LogP contribution in [-0.2, 0) is 6.42 Å². The third-order valence-electron chi connectivity index (χ3n) is 7.61. The number of piperazine rings is 1. The Kier molecular flexibility index (Phi) is 8.27. The Morgan fingerprint density at radius 3 is 2.56 bits per heavy atom. The van der Waals surface area contributed by atoms with Crippen molar-refractivity contribution in [2.24, 2.45) is 0 Å². The molecule has 3 N–H and O–H groups in total. The fourth-order valence-corrected chi connectivity index (χ4v) is 5.56. The van der Waals surface area contributed by atoms with Crippen LogP contribution in [0.15, 0.2) is 41.3 Å². The summed E-state index contributed by atoms with van der Waals surface area (Å²) < 4.78 is 32.1. The number of anilines is 1. The lowest BCUT2D eigenvalue weighted by atomic mass is 10.0. The molecule has 13 heteroatoms. The molecule has 4 heterocycles. The number of aromatic nitrogens is 4. The lowest BCUT2D eigenvalue weighted by Crippen LogP contribution is -2.54. The van der Waals surface area contributed by atoms with E-state index < -0.39 is 46.5 Å². The van der Waals surface area contributed by atoms with Gasteiger partial charge in [0, 0.05) is 38.5 Å². The molecule has 43 heavy (non-hydrogen) atoms. The number of hydrogen-bond acceptors (Lipinski definition) is 8. The largest absolute Gasteiger partial charge is 0.507 e. The number of phenols is 1. The van der Waals surface area contributed by atoms with Gasteiger partial charge in [-0.3, -0.25) is 4.98 Å². The van der Waals surface area contributed by atoms with Crippen molar-refractivity contribution in [1.82, 2.24) is 24.4 Å². The van der Waals surface area contributed by atoms with Crippen LogP contribution in [0, 0.1) is 11.6 Å². The summed E-state index contributed by atoms with van der Waals surface area (Å²) in [7, 11) is 0. The molecule has 11 nitrogen and oxygen atoms in total. The van der Waals surface area contributed by atoms with Crippen LogP contribution in [0.3, 0.4) is 0 Å². The van der Waals surface area contributed by atoms with Gasteiger partial charge < -0.3 is 25.1 Å². The first-order valence-corrected chi connectivity index (χ1v) is 14.0. The molecule has 1 aliphatic heterocycles.